The summed E-state index contributed by atoms with van der Waals surface area (Å²) in [4.78, 5) is 12.0. The lowest BCUT2D eigenvalue weighted by Gasteiger charge is -2.11. The second kappa shape index (κ2) is 8.62. The Hall–Kier alpha value is -2.77. The summed E-state index contributed by atoms with van der Waals surface area (Å²) < 4.78 is 5.25. The van der Waals surface area contributed by atoms with Crippen molar-refractivity contribution in [3.05, 3.63) is 65.7 Å². The molecule has 1 unspecified atom stereocenters. The lowest BCUT2D eigenvalue weighted by molar-refractivity contribution is 0.0942. The third-order valence-electron chi connectivity index (χ3n) is 3.33. The van der Waals surface area contributed by atoms with Gasteiger partial charge in [-0.2, -0.15) is 0 Å². The number of terminal acetylenes is 1. The maximum absolute atomic E-state index is 12.0. The van der Waals surface area contributed by atoms with E-state index in [1.807, 2.05) is 30.3 Å². The zero-order chi connectivity index (χ0) is 16.5. The number of rotatable bonds is 7. The Kier molecular flexibility index (Phi) is 6.22. The van der Waals surface area contributed by atoms with Crippen molar-refractivity contribution >= 4 is 5.91 Å². The molecule has 0 aliphatic carbocycles. The molecule has 0 radical (unpaired) electrons. The van der Waals surface area contributed by atoms with E-state index in [0.29, 0.717) is 24.3 Å². The predicted octanol–water partition coefficient (Wildman–Crippen LogP) is 2.55. The number of carbonyl (C=O) groups is 1. The van der Waals surface area contributed by atoms with E-state index in [0.717, 1.165) is 5.56 Å². The van der Waals surface area contributed by atoms with Crippen LogP contribution in [0.25, 0.3) is 0 Å². The van der Waals surface area contributed by atoms with Crippen molar-refractivity contribution < 1.29 is 14.6 Å². The molecule has 0 aliphatic heterocycles. The van der Waals surface area contributed by atoms with Gasteiger partial charge in [-0.25, -0.2) is 0 Å². The van der Waals surface area contributed by atoms with Crippen molar-refractivity contribution in [2.75, 3.05) is 13.2 Å². The molecule has 0 bridgehead atoms. The Balaban J connectivity index is 1.79. The molecule has 0 heterocycles. The van der Waals surface area contributed by atoms with Gasteiger partial charge in [0.1, 0.15) is 12.4 Å². The van der Waals surface area contributed by atoms with E-state index >= 15 is 0 Å². The van der Waals surface area contributed by atoms with Crippen LogP contribution in [-0.2, 0) is 0 Å². The molecule has 4 heteroatoms. The van der Waals surface area contributed by atoms with Gasteiger partial charge in [-0.05, 0) is 36.2 Å². The summed E-state index contributed by atoms with van der Waals surface area (Å²) in [6, 6.07) is 16.1. The second-order valence-corrected chi connectivity index (χ2v) is 4.99. The molecule has 1 atom stereocenters. The van der Waals surface area contributed by atoms with Gasteiger partial charge < -0.3 is 15.2 Å². The van der Waals surface area contributed by atoms with Gasteiger partial charge in [-0.3, -0.25) is 4.79 Å². The fourth-order valence-corrected chi connectivity index (χ4v) is 2.09. The molecule has 0 aromatic heterocycles. The number of hydrogen-bond acceptors (Lipinski definition) is 3. The summed E-state index contributed by atoms with van der Waals surface area (Å²) in [5.41, 5.74) is 1.38. The maximum Gasteiger partial charge on any atom is 0.251 e. The highest BCUT2D eigenvalue weighted by molar-refractivity contribution is 5.94. The quantitative estimate of drug-likeness (QED) is 0.773. The summed E-state index contributed by atoms with van der Waals surface area (Å²) >= 11 is 0. The molecule has 0 spiro atoms. The number of amides is 1. The van der Waals surface area contributed by atoms with Gasteiger partial charge in [-0.15, -0.1) is 6.42 Å². The van der Waals surface area contributed by atoms with Crippen LogP contribution in [0, 0.1) is 12.3 Å². The number of aliphatic hydroxyl groups excluding tert-OH is 1. The monoisotopic (exact) mass is 309 g/mol. The number of carbonyl (C=O) groups excluding carboxylic acids is 1. The van der Waals surface area contributed by atoms with Crippen molar-refractivity contribution in [1.29, 1.82) is 0 Å². The van der Waals surface area contributed by atoms with E-state index in [1.54, 1.807) is 24.3 Å². The third kappa shape index (κ3) is 5.17. The molecule has 4 nitrogen and oxygen atoms in total. The van der Waals surface area contributed by atoms with Gasteiger partial charge in [0.2, 0.25) is 0 Å². The minimum Gasteiger partial charge on any atom is -0.481 e. The predicted molar refractivity (Wildman–Crippen MR) is 89.1 cm³/mol. The first-order valence-electron chi connectivity index (χ1n) is 7.38. The lowest BCUT2D eigenvalue weighted by Crippen LogP contribution is -2.25. The summed E-state index contributed by atoms with van der Waals surface area (Å²) in [6.45, 7) is 0.590. The number of aliphatic hydroxyl groups is 1. The average Bonchev–Trinajstić information content (AvgIpc) is 2.61. The Morgan fingerprint density at radius 2 is 1.87 bits per heavy atom. The Bertz CT molecular complexity index is 659. The molecule has 1 amide bonds. The molecule has 2 aromatic rings. The van der Waals surface area contributed by atoms with Crippen molar-refractivity contribution in [1.82, 2.24) is 5.32 Å². The topological polar surface area (TPSA) is 58.6 Å². The highest BCUT2D eigenvalue weighted by atomic mass is 16.5. The molecule has 0 saturated carbocycles. The molecular weight excluding hydrogens is 290 g/mol. The van der Waals surface area contributed by atoms with Crippen LogP contribution in [0.3, 0.4) is 0 Å². The SMILES string of the molecule is C#CCOc1ccc(C(=O)NCCC(O)c2ccccc2)cc1. The second-order valence-electron chi connectivity index (χ2n) is 4.99. The van der Waals surface area contributed by atoms with E-state index < -0.39 is 6.10 Å². The molecule has 2 aromatic carbocycles. The van der Waals surface area contributed by atoms with Gasteiger partial charge in [-0.1, -0.05) is 36.3 Å². The molecular formula is C19H19NO3. The summed E-state index contributed by atoms with van der Waals surface area (Å²) in [6.07, 6.45) is 4.99. The first-order chi connectivity index (χ1) is 11.2. The molecule has 2 rings (SSSR count). The minimum atomic E-state index is -0.587. The van der Waals surface area contributed by atoms with Crippen LogP contribution in [0.4, 0.5) is 0 Å². The first kappa shape index (κ1) is 16.6. The Morgan fingerprint density at radius 1 is 1.17 bits per heavy atom. The van der Waals surface area contributed by atoms with Gasteiger partial charge in [0.05, 0.1) is 6.10 Å². The van der Waals surface area contributed by atoms with Crippen molar-refractivity contribution in [2.24, 2.45) is 0 Å². The first-order valence-corrected chi connectivity index (χ1v) is 7.38. The van der Waals surface area contributed by atoms with E-state index in [1.165, 1.54) is 0 Å². The molecule has 2 N–H and O–H groups in total. The largest absolute Gasteiger partial charge is 0.481 e. The average molecular weight is 309 g/mol. The normalized spacial score (nSPS) is 11.3. The zero-order valence-corrected chi connectivity index (χ0v) is 12.7. The van der Waals surface area contributed by atoms with Crippen LogP contribution in [0.2, 0.25) is 0 Å². The number of hydrogen-bond donors (Lipinski definition) is 2. The summed E-state index contributed by atoms with van der Waals surface area (Å²) in [5, 5.41) is 12.8. The fraction of sp³-hybridized carbons (Fsp3) is 0.211. The molecule has 118 valence electrons. The Labute approximate surface area is 136 Å². The number of nitrogens with one attached hydrogen (secondary N) is 1. The summed E-state index contributed by atoms with van der Waals surface area (Å²) in [7, 11) is 0. The van der Waals surface area contributed by atoms with Crippen molar-refractivity contribution in [3.63, 3.8) is 0 Å². The highest BCUT2D eigenvalue weighted by Gasteiger charge is 2.09. The number of ether oxygens (including phenoxy) is 1. The van der Waals surface area contributed by atoms with Crippen LogP contribution in [0.15, 0.2) is 54.6 Å². The Morgan fingerprint density at radius 3 is 2.52 bits per heavy atom. The molecule has 0 aliphatic rings. The lowest BCUT2D eigenvalue weighted by atomic mass is 10.1. The zero-order valence-electron chi connectivity index (χ0n) is 12.7. The van der Waals surface area contributed by atoms with Gasteiger partial charge in [0.15, 0.2) is 0 Å². The van der Waals surface area contributed by atoms with Gasteiger partial charge >= 0.3 is 0 Å². The molecule has 23 heavy (non-hydrogen) atoms. The minimum absolute atomic E-state index is 0.186. The van der Waals surface area contributed by atoms with Crippen LogP contribution >= 0.6 is 0 Å². The van der Waals surface area contributed by atoms with E-state index in [4.69, 9.17) is 11.2 Å². The van der Waals surface area contributed by atoms with Gasteiger partial charge in [0.25, 0.3) is 5.91 Å². The van der Waals surface area contributed by atoms with Crippen molar-refractivity contribution in [2.45, 2.75) is 12.5 Å². The summed E-state index contributed by atoms with van der Waals surface area (Å²) in [5.74, 6) is 2.82. The van der Waals surface area contributed by atoms with E-state index in [9.17, 15) is 9.90 Å². The van der Waals surface area contributed by atoms with Crippen molar-refractivity contribution in [3.8, 4) is 18.1 Å². The molecule has 0 saturated heterocycles. The molecule has 0 fully saturated rings. The van der Waals surface area contributed by atoms with E-state index in [-0.39, 0.29) is 12.5 Å². The van der Waals surface area contributed by atoms with E-state index in [2.05, 4.69) is 11.2 Å². The number of benzene rings is 2. The highest BCUT2D eigenvalue weighted by Crippen LogP contribution is 2.15. The van der Waals surface area contributed by atoms with Gasteiger partial charge in [0, 0.05) is 12.1 Å². The van der Waals surface area contributed by atoms with Crippen LogP contribution in [0.1, 0.15) is 28.4 Å². The van der Waals surface area contributed by atoms with Crippen LogP contribution in [-0.4, -0.2) is 24.2 Å². The fourth-order valence-electron chi connectivity index (χ4n) is 2.09. The maximum atomic E-state index is 12.0. The van der Waals surface area contributed by atoms with Crippen LogP contribution in [0.5, 0.6) is 5.75 Å². The standard InChI is InChI=1S/C19H19NO3/c1-2-14-23-17-10-8-16(9-11-17)19(22)20-13-12-18(21)15-6-4-3-5-7-15/h1,3-11,18,21H,12-14H2,(H,20,22). The third-order valence-corrected chi connectivity index (χ3v) is 3.33. The smallest absolute Gasteiger partial charge is 0.251 e. The van der Waals surface area contributed by atoms with Crippen LogP contribution < -0.4 is 10.1 Å².